The minimum Gasteiger partial charge on any atom is -0.298 e. The number of nitrogens with zero attached hydrogens (tertiary/aromatic N) is 2. The van der Waals surface area contributed by atoms with Gasteiger partial charge in [-0.3, -0.25) is 4.90 Å². The topological polar surface area (TPSA) is 40.6 Å². The van der Waals surface area contributed by atoms with Crippen molar-refractivity contribution in [1.82, 2.24) is 9.21 Å². The van der Waals surface area contributed by atoms with Crippen LogP contribution in [0.3, 0.4) is 0 Å². The van der Waals surface area contributed by atoms with Gasteiger partial charge in [0.05, 0.1) is 4.90 Å². The second kappa shape index (κ2) is 5.38. The molecule has 0 aromatic heterocycles. The van der Waals surface area contributed by atoms with Crippen LogP contribution in [0, 0.1) is 0 Å². The molecule has 4 nitrogen and oxygen atoms in total. The molecular formula is C16H24N2O2S. The number of benzene rings is 1. The Kier molecular flexibility index (Phi) is 3.84. The van der Waals surface area contributed by atoms with Crippen LogP contribution in [0.5, 0.6) is 0 Å². The fraction of sp³-hybridized carbons (Fsp3) is 0.625. The predicted octanol–water partition coefficient (Wildman–Crippen LogP) is 1.89. The molecule has 1 aliphatic heterocycles. The molecule has 3 rings (SSSR count). The van der Waals surface area contributed by atoms with E-state index in [1.807, 2.05) is 12.1 Å². The molecule has 116 valence electrons. The monoisotopic (exact) mass is 308 g/mol. The highest BCUT2D eigenvalue weighted by atomic mass is 32.2. The Bertz CT molecular complexity index is 630. The molecule has 1 heterocycles. The van der Waals surface area contributed by atoms with Crippen molar-refractivity contribution in [1.29, 1.82) is 0 Å². The summed E-state index contributed by atoms with van der Waals surface area (Å²) in [6.07, 6.45) is 3.23. The van der Waals surface area contributed by atoms with Crippen molar-refractivity contribution in [3.05, 3.63) is 29.3 Å². The maximum absolute atomic E-state index is 12.9. The van der Waals surface area contributed by atoms with E-state index in [4.69, 9.17) is 0 Å². The number of sulfonamides is 1. The van der Waals surface area contributed by atoms with E-state index in [0.29, 0.717) is 18.0 Å². The fourth-order valence-electron chi connectivity index (χ4n) is 3.41. The van der Waals surface area contributed by atoms with Gasteiger partial charge in [-0.05, 0) is 63.4 Å². The van der Waals surface area contributed by atoms with Gasteiger partial charge in [0.1, 0.15) is 0 Å². The lowest BCUT2D eigenvalue weighted by Gasteiger charge is -2.41. The van der Waals surface area contributed by atoms with Crippen molar-refractivity contribution in [2.75, 3.05) is 20.1 Å². The van der Waals surface area contributed by atoms with E-state index in [1.165, 1.54) is 11.1 Å². The third-order valence-electron chi connectivity index (χ3n) is 5.03. The van der Waals surface area contributed by atoms with Gasteiger partial charge in [0, 0.05) is 25.2 Å². The average molecular weight is 308 g/mol. The molecule has 0 N–H and O–H groups in total. The summed E-state index contributed by atoms with van der Waals surface area (Å²) in [5.74, 6) is 0. The molecule has 2 unspecified atom stereocenters. The zero-order valence-electron chi connectivity index (χ0n) is 13.0. The van der Waals surface area contributed by atoms with Crippen LogP contribution in [0.4, 0.5) is 0 Å². The molecule has 0 bridgehead atoms. The molecule has 1 aromatic rings. The molecule has 0 amide bonds. The van der Waals surface area contributed by atoms with E-state index >= 15 is 0 Å². The maximum Gasteiger partial charge on any atom is 0.243 e. The second-order valence-corrected chi connectivity index (χ2v) is 8.41. The first kappa shape index (κ1) is 15.0. The van der Waals surface area contributed by atoms with Crippen molar-refractivity contribution >= 4 is 10.0 Å². The van der Waals surface area contributed by atoms with Gasteiger partial charge in [0.2, 0.25) is 10.0 Å². The van der Waals surface area contributed by atoms with Gasteiger partial charge in [0.25, 0.3) is 0 Å². The summed E-state index contributed by atoms with van der Waals surface area (Å²) >= 11 is 0. The zero-order valence-corrected chi connectivity index (χ0v) is 13.9. The summed E-state index contributed by atoms with van der Waals surface area (Å²) in [7, 11) is -1.30. The molecule has 2 aliphatic rings. The SMILES string of the molecule is CC1CN(S(=O)(=O)c2ccc3c(c2)CCC3)CC(C)N1C. The highest BCUT2D eigenvalue weighted by Crippen LogP contribution is 2.27. The van der Waals surface area contributed by atoms with Gasteiger partial charge in [-0.1, -0.05) is 6.07 Å². The van der Waals surface area contributed by atoms with E-state index in [0.717, 1.165) is 19.3 Å². The number of aryl methyl sites for hydroxylation is 2. The second-order valence-electron chi connectivity index (χ2n) is 6.47. The summed E-state index contributed by atoms with van der Waals surface area (Å²) in [5.41, 5.74) is 2.53. The van der Waals surface area contributed by atoms with E-state index < -0.39 is 10.0 Å². The number of hydrogen-bond donors (Lipinski definition) is 0. The lowest BCUT2D eigenvalue weighted by Crippen LogP contribution is -2.56. The van der Waals surface area contributed by atoms with Gasteiger partial charge >= 0.3 is 0 Å². The highest BCUT2D eigenvalue weighted by molar-refractivity contribution is 7.89. The fourth-order valence-corrected chi connectivity index (χ4v) is 5.06. The quantitative estimate of drug-likeness (QED) is 0.838. The van der Waals surface area contributed by atoms with Gasteiger partial charge < -0.3 is 0 Å². The predicted molar refractivity (Wildman–Crippen MR) is 83.9 cm³/mol. The van der Waals surface area contributed by atoms with Crippen LogP contribution in [0.15, 0.2) is 23.1 Å². The third kappa shape index (κ3) is 2.62. The maximum atomic E-state index is 12.9. The molecule has 2 atom stereocenters. The van der Waals surface area contributed by atoms with Crippen LogP contribution < -0.4 is 0 Å². The smallest absolute Gasteiger partial charge is 0.243 e. The van der Waals surface area contributed by atoms with Crippen molar-refractivity contribution in [3.8, 4) is 0 Å². The molecule has 21 heavy (non-hydrogen) atoms. The normalized spacial score (nSPS) is 27.8. The molecule has 1 aliphatic carbocycles. The first-order valence-electron chi connectivity index (χ1n) is 7.73. The van der Waals surface area contributed by atoms with Crippen LogP contribution in [0.25, 0.3) is 0 Å². The molecule has 0 saturated carbocycles. The first-order chi connectivity index (χ1) is 9.89. The van der Waals surface area contributed by atoms with Crippen LogP contribution in [0.1, 0.15) is 31.4 Å². The summed E-state index contributed by atoms with van der Waals surface area (Å²) in [6, 6.07) is 6.17. The van der Waals surface area contributed by atoms with Crippen LogP contribution in [0.2, 0.25) is 0 Å². The number of piperazine rings is 1. The lowest BCUT2D eigenvalue weighted by atomic mass is 10.1. The Hall–Kier alpha value is -0.910. The number of likely N-dealkylation sites (N-methyl/N-ethyl adjacent to an activating group) is 1. The lowest BCUT2D eigenvalue weighted by molar-refractivity contribution is 0.105. The number of rotatable bonds is 2. The third-order valence-corrected chi connectivity index (χ3v) is 6.86. The van der Waals surface area contributed by atoms with E-state index in [9.17, 15) is 8.42 Å². The van der Waals surface area contributed by atoms with Crippen LogP contribution in [-0.2, 0) is 22.9 Å². The van der Waals surface area contributed by atoms with Crippen LogP contribution >= 0.6 is 0 Å². The van der Waals surface area contributed by atoms with Crippen molar-refractivity contribution in [3.63, 3.8) is 0 Å². The standard InChI is InChI=1S/C16H24N2O2S/c1-12-10-18(11-13(2)17(12)3)21(19,20)16-8-7-14-5-4-6-15(14)9-16/h7-9,12-13H,4-6,10-11H2,1-3H3. The Morgan fingerprint density at radius 2 is 1.67 bits per heavy atom. The Labute approximate surface area is 127 Å². The minimum atomic E-state index is -3.37. The highest BCUT2D eigenvalue weighted by Gasteiger charge is 2.34. The number of fused-ring (bicyclic) bond motifs is 1. The van der Waals surface area contributed by atoms with Gasteiger partial charge in [-0.25, -0.2) is 8.42 Å². The average Bonchev–Trinajstić information content (AvgIpc) is 2.91. The van der Waals surface area contributed by atoms with Crippen molar-refractivity contribution < 1.29 is 8.42 Å². The van der Waals surface area contributed by atoms with Gasteiger partial charge in [-0.2, -0.15) is 4.31 Å². The molecule has 1 saturated heterocycles. The summed E-state index contributed by atoms with van der Waals surface area (Å²) in [6.45, 7) is 5.31. The molecule has 0 radical (unpaired) electrons. The van der Waals surface area contributed by atoms with Gasteiger partial charge in [0.15, 0.2) is 0 Å². The zero-order chi connectivity index (χ0) is 15.2. The van der Waals surface area contributed by atoms with Gasteiger partial charge in [-0.15, -0.1) is 0 Å². The summed E-state index contributed by atoms with van der Waals surface area (Å²) in [5, 5.41) is 0. The summed E-state index contributed by atoms with van der Waals surface area (Å²) < 4.78 is 27.4. The largest absolute Gasteiger partial charge is 0.298 e. The minimum absolute atomic E-state index is 0.248. The Morgan fingerprint density at radius 1 is 1.05 bits per heavy atom. The number of hydrogen-bond acceptors (Lipinski definition) is 3. The first-order valence-corrected chi connectivity index (χ1v) is 9.17. The molecule has 0 spiro atoms. The van der Waals surface area contributed by atoms with Crippen molar-refractivity contribution in [2.24, 2.45) is 0 Å². The Morgan fingerprint density at radius 3 is 2.33 bits per heavy atom. The van der Waals surface area contributed by atoms with E-state index in [1.54, 1.807) is 10.4 Å². The van der Waals surface area contributed by atoms with Crippen molar-refractivity contribution in [2.45, 2.75) is 50.1 Å². The molecule has 5 heteroatoms. The molecular weight excluding hydrogens is 284 g/mol. The van der Waals surface area contributed by atoms with Crippen LogP contribution in [-0.4, -0.2) is 49.8 Å². The van der Waals surface area contributed by atoms with E-state index in [2.05, 4.69) is 25.8 Å². The molecule has 1 aromatic carbocycles. The summed E-state index contributed by atoms with van der Waals surface area (Å²) in [4.78, 5) is 2.71. The van der Waals surface area contributed by atoms with E-state index in [-0.39, 0.29) is 12.1 Å². The molecule has 1 fully saturated rings. The Balaban J connectivity index is 1.90.